The van der Waals surface area contributed by atoms with Crippen LogP contribution in [0.5, 0.6) is 0 Å². The van der Waals surface area contributed by atoms with E-state index in [2.05, 4.69) is 6.58 Å². The Morgan fingerprint density at radius 1 is 1.17 bits per heavy atom. The molecule has 2 aliphatic rings. The van der Waals surface area contributed by atoms with Crippen molar-refractivity contribution in [3.05, 3.63) is 23.3 Å². The molecule has 0 saturated carbocycles. The Labute approximate surface area is 105 Å². The van der Waals surface area contributed by atoms with E-state index in [9.17, 15) is 14.4 Å². The molecule has 0 fully saturated rings. The van der Waals surface area contributed by atoms with E-state index in [0.717, 1.165) is 17.7 Å². The standard InChI is InChI=1S/C13H15NO4/c1-8(13(17)18)6-7-14-11(15)9-4-2-3-5-10(9)12(14)16/h1-7H2,(H,17,18). The number of hydrogen-bond acceptors (Lipinski definition) is 3. The first-order chi connectivity index (χ1) is 8.52. The highest BCUT2D eigenvalue weighted by Gasteiger charge is 2.38. The molecule has 0 bridgehead atoms. The minimum absolute atomic E-state index is 0.0143. The van der Waals surface area contributed by atoms with Crippen LogP contribution in [-0.2, 0) is 14.4 Å². The molecule has 0 aromatic heterocycles. The van der Waals surface area contributed by atoms with E-state index >= 15 is 0 Å². The summed E-state index contributed by atoms with van der Waals surface area (Å²) in [5.74, 6) is -1.58. The average Bonchev–Trinajstić information content (AvgIpc) is 2.60. The Balaban J connectivity index is 2.05. The van der Waals surface area contributed by atoms with Crippen LogP contribution in [-0.4, -0.2) is 34.3 Å². The summed E-state index contributed by atoms with van der Waals surface area (Å²) in [6, 6.07) is 0. The van der Waals surface area contributed by atoms with Gasteiger partial charge in [0.15, 0.2) is 0 Å². The van der Waals surface area contributed by atoms with Crippen molar-refractivity contribution in [2.75, 3.05) is 6.54 Å². The summed E-state index contributed by atoms with van der Waals surface area (Å²) in [5, 5.41) is 8.70. The van der Waals surface area contributed by atoms with E-state index in [0.29, 0.717) is 24.0 Å². The molecule has 2 amide bonds. The van der Waals surface area contributed by atoms with Crippen LogP contribution in [0.1, 0.15) is 32.1 Å². The second kappa shape index (κ2) is 4.76. The fraction of sp³-hybridized carbons (Fsp3) is 0.462. The van der Waals surface area contributed by atoms with Crippen molar-refractivity contribution in [1.82, 2.24) is 4.90 Å². The number of amides is 2. The summed E-state index contributed by atoms with van der Waals surface area (Å²) in [7, 11) is 0. The summed E-state index contributed by atoms with van der Waals surface area (Å²) in [5.41, 5.74) is 1.28. The van der Waals surface area contributed by atoms with Crippen molar-refractivity contribution in [2.45, 2.75) is 32.1 Å². The highest BCUT2D eigenvalue weighted by molar-refractivity contribution is 6.19. The van der Waals surface area contributed by atoms with E-state index in [4.69, 9.17) is 5.11 Å². The van der Waals surface area contributed by atoms with Crippen molar-refractivity contribution in [3.8, 4) is 0 Å². The summed E-state index contributed by atoms with van der Waals surface area (Å²) >= 11 is 0. The first kappa shape index (κ1) is 12.5. The second-order valence-corrected chi connectivity index (χ2v) is 4.58. The van der Waals surface area contributed by atoms with Gasteiger partial charge in [-0.15, -0.1) is 0 Å². The molecule has 0 radical (unpaired) electrons. The van der Waals surface area contributed by atoms with Gasteiger partial charge in [-0.05, 0) is 32.1 Å². The molecule has 0 aromatic carbocycles. The normalized spacial score (nSPS) is 19.2. The van der Waals surface area contributed by atoms with Crippen molar-refractivity contribution in [3.63, 3.8) is 0 Å². The maximum Gasteiger partial charge on any atom is 0.331 e. The highest BCUT2D eigenvalue weighted by Crippen LogP contribution is 2.33. The minimum Gasteiger partial charge on any atom is -0.478 e. The number of carboxylic acid groups (broad SMARTS) is 1. The van der Waals surface area contributed by atoms with Gasteiger partial charge in [0.2, 0.25) is 0 Å². The SMILES string of the molecule is C=C(CCN1C(=O)C2=C(CCCC2)C1=O)C(=O)O. The maximum atomic E-state index is 12.0. The molecule has 0 spiro atoms. The fourth-order valence-corrected chi connectivity index (χ4v) is 2.35. The fourth-order valence-electron chi connectivity index (χ4n) is 2.35. The lowest BCUT2D eigenvalue weighted by Crippen LogP contribution is -2.33. The zero-order valence-corrected chi connectivity index (χ0v) is 10.1. The number of carboxylic acids is 1. The third-order valence-electron chi connectivity index (χ3n) is 3.41. The largest absolute Gasteiger partial charge is 0.478 e. The lowest BCUT2D eigenvalue weighted by molar-refractivity contribution is -0.138. The Morgan fingerprint density at radius 3 is 2.11 bits per heavy atom. The Morgan fingerprint density at radius 2 is 1.67 bits per heavy atom. The smallest absolute Gasteiger partial charge is 0.331 e. The summed E-state index contributed by atoms with van der Waals surface area (Å²) in [6.07, 6.45) is 3.32. The van der Waals surface area contributed by atoms with Crippen molar-refractivity contribution >= 4 is 17.8 Å². The van der Waals surface area contributed by atoms with Gasteiger partial charge in [0.05, 0.1) is 0 Å². The molecule has 0 unspecified atom stereocenters. The number of nitrogens with zero attached hydrogens (tertiary/aromatic N) is 1. The number of hydrogen-bond donors (Lipinski definition) is 1. The maximum absolute atomic E-state index is 12.0. The topological polar surface area (TPSA) is 74.7 Å². The van der Waals surface area contributed by atoms with Gasteiger partial charge < -0.3 is 5.11 Å². The minimum atomic E-state index is -1.09. The Hall–Kier alpha value is -1.91. The van der Waals surface area contributed by atoms with E-state index in [1.807, 2.05) is 0 Å². The Bertz CT molecular complexity index is 447. The molecule has 1 aliphatic carbocycles. The second-order valence-electron chi connectivity index (χ2n) is 4.58. The third kappa shape index (κ3) is 2.08. The quantitative estimate of drug-likeness (QED) is 0.601. The Kier molecular flexibility index (Phi) is 3.32. The van der Waals surface area contributed by atoms with Crippen LogP contribution in [0.4, 0.5) is 0 Å². The van der Waals surface area contributed by atoms with E-state index in [-0.39, 0.29) is 30.4 Å². The van der Waals surface area contributed by atoms with Crippen LogP contribution in [0.2, 0.25) is 0 Å². The summed E-state index contributed by atoms with van der Waals surface area (Å²) < 4.78 is 0. The van der Waals surface area contributed by atoms with Gasteiger partial charge in [0.25, 0.3) is 11.8 Å². The third-order valence-corrected chi connectivity index (χ3v) is 3.41. The van der Waals surface area contributed by atoms with Crippen molar-refractivity contribution < 1.29 is 19.5 Å². The molecule has 0 saturated heterocycles. The van der Waals surface area contributed by atoms with Crippen molar-refractivity contribution in [2.24, 2.45) is 0 Å². The molecule has 0 atom stereocenters. The monoisotopic (exact) mass is 249 g/mol. The number of aliphatic carboxylic acids is 1. The molecule has 18 heavy (non-hydrogen) atoms. The molecule has 2 rings (SSSR count). The van der Waals surface area contributed by atoms with Crippen molar-refractivity contribution in [1.29, 1.82) is 0 Å². The molecule has 5 heteroatoms. The van der Waals surface area contributed by atoms with E-state index in [1.165, 1.54) is 0 Å². The number of carbonyl (C=O) groups excluding carboxylic acids is 2. The number of carbonyl (C=O) groups is 3. The van der Waals surface area contributed by atoms with Gasteiger partial charge in [-0.2, -0.15) is 0 Å². The summed E-state index contributed by atoms with van der Waals surface area (Å²) in [6.45, 7) is 3.50. The molecule has 0 aromatic rings. The average molecular weight is 249 g/mol. The number of rotatable bonds is 4. The van der Waals surface area contributed by atoms with Crippen LogP contribution in [0.3, 0.4) is 0 Å². The molecule has 1 N–H and O–H groups in total. The van der Waals surface area contributed by atoms with Gasteiger partial charge in [0, 0.05) is 23.3 Å². The highest BCUT2D eigenvalue weighted by atomic mass is 16.4. The molecular formula is C13H15NO4. The molecule has 1 heterocycles. The molecule has 96 valence electrons. The van der Waals surface area contributed by atoms with Crippen LogP contribution in [0.15, 0.2) is 23.3 Å². The van der Waals surface area contributed by atoms with Gasteiger partial charge in [-0.25, -0.2) is 4.79 Å². The van der Waals surface area contributed by atoms with Gasteiger partial charge in [-0.3, -0.25) is 14.5 Å². The number of imide groups is 1. The predicted molar refractivity (Wildman–Crippen MR) is 63.6 cm³/mol. The predicted octanol–water partition coefficient (Wildman–Crippen LogP) is 1.26. The van der Waals surface area contributed by atoms with Gasteiger partial charge in [0.1, 0.15) is 0 Å². The van der Waals surface area contributed by atoms with Gasteiger partial charge >= 0.3 is 5.97 Å². The van der Waals surface area contributed by atoms with Crippen LogP contribution in [0.25, 0.3) is 0 Å². The van der Waals surface area contributed by atoms with Crippen LogP contribution < -0.4 is 0 Å². The first-order valence-corrected chi connectivity index (χ1v) is 6.01. The van der Waals surface area contributed by atoms with E-state index < -0.39 is 5.97 Å². The van der Waals surface area contributed by atoms with Crippen LogP contribution >= 0.6 is 0 Å². The lowest BCUT2D eigenvalue weighted by atomic mass is 9.93. The van der Waals surface area contributed by atoms with Crippen LogP contribution in [0, 0.1) is 0 Å². The zero-order chi connectivity index (χ0) is 13.3. The molecule has 1 aliphatic heterocycles. The van der Waals surface area contributed by atoms with E-state index in [1.54, 1.807) is 0 Å². The van der Waals surface area contributed by atoms with Gasteiger partial charge in [-0.1, -0.05) is 6.58 Å². The zero-order valence-electron chi connectivity index (χ0n) is 10.1. The molecule has 5 nitrogen and oxygen atoms in total. The molecular weight excluding hydrogens is 234 g/mol. The lowest BCUT2D eigenvalue weighted by Gasteiger charge is -2.14. The first-order valence-electron chi connectivity index (χ1n) is 6.01. The summed E-state index contributed by atoms with van der Waals surface area (Å²) in [4.78, 5) is 35.8.